The number of carbonyl (C=O) groups excluding carboxylic acids is 1. The highest BCUT2D eigenvalue weighted by atomic mass is 35.5. The van der Waals surface area contributed by atoms with Crippen LogP contribution in [0.15, 0.2) is 23.7 Å². The smallest absolute Gasteiger partial charge is 0.203 e. The summed E-state index contributed by atoms with van der Waals surface area (Å²) >= 11 is 5.36. The summed E-state index contributed by atoms with van der Waals surface area (Å²) in [6.07, 6.45) is 1.25. The van der Waals surface area contributed by atoms with Crippen molar-refractivity contribution in [3.63, 3.8) is 0 Å². The standard InChI is InChI=1S/C12H13ClO4/c1-15-10-6-8(9(14)4-5-13)7-11(16-2)12(10)17-3/h4-7H,1-3H3/b5-4+. The van der Waals surface area contributed by atoms with Crippen LogP contribution in [-0.2, 0) is 0 Å². The van der Waals surface area contributed by atoms with Gasteiger partial charge < -0.3 is 14.2 Å². The van der Waals surface area contributed by atoms with Crippen LogP contribution in [0.5, 0.6) is 17.2 Å². The van der Waals surface area contributed by atoms with Gasteiger partial charge in [0.2, 0.25) is 5.75 Å². The van der Waals surface area contributed by atoms with Crippen LogP contribution in [0.1, 0.15) is 10.4 Å². The largest absolute Gasteiger partial charge is 0.493 e. The third-order valence-corrected chi connectivity index (χ3v) is 2.29. The van der Waals surface area contributed by atoms with Crippen LogP contribution in [0.25, 0.3) is 0 Å². The number of ketones is 1. The predicted octanol–water partition coefficient (Wildman–Crippen LogP) is 2.65. The van der Waals surface area contributed by atoms with Gasteiger partial charge in [0.25, 0.3) is 0 Å². The maximum atomic E-state index is 11.7. The van der Waals surface area contributed by atoms with E-state index in [-0.39, 0.29) is 5.78 Å². The zero-order valence-electron chi connectivity index (χ0n) is 9.82. The minimum atomic E-state index is -0.237. The Morgan fingerprint density at radius 3 is 2.00 bits per heavy atom. The molecule has 0 spiro atoms. The molecule has 0 fully saturated rings. The lowest BCUT2D eigenvalue weighted by molar-refractivity contribution is 0.104. The third-order valence-electron chi connectivity index (χ3n) is 2.16. The summed E-state index contributed by atoms with van der Waals surface area (Å²) in [7, 11) is 4.48. The number of carbonyl (C=O) groups is 1. The van der Waals surface area contributed by atoms with Crippen molar-refractivity contribution in [1.29, 1.82) is 0 Å². The second kappa shape index (κ2) is 6.15. The first kappa shape index (κ1) is 13.4. The van der Waals surface area contributed by atoms with Crippen molar-refractivity contribution in [2.75, 3.05) is 21.3 Å². The molecule has 92 valence electrons. The molecule has 0 aliphatic carbocycles. The van der Waals surface area contributed by atoms with Crippen LogP contribution < -0.4 is 14.2 Å². The summed E-state index contributed by atoms with van der Waals surface area (Å²) in [5.74, 6) is 1.07. The van der Waals surface area contributed by atoms with Crippen molar-refractivity contribution in [2.24, 2.45) is 0 Å². The fourth-order valence-corrected chi connectivity index (χ4v) is 1.49. The molecule has 0 radical (unpaired) electrons. The fraction of sp³-hybridized carbons (Fsp3) is 0.250. The highest BCUT2D eigenvalue weighted by molar-refractivity contribution is 6.27. The van der Waals surface area contributed by atoms with Gasteiger partial charge in [-0.05, 0) is 18.2 Å². The molecular weight excluding hydrogens is 244 g/mol. The first-order chi connectivity index (χ1) is 8.17. The molecule has 0 unspecified atom stereocenters. The molecule has 0 atom stereocenters. The SMILES string of the molecule is COc1cc(C(=O)/C=C/Cl)cc(OC)c1OC. The molecule has 0 saturated carbocycles. The molecule has 0 N–H and O–H groups in total. The molecule has 0 saturated heterocycles. The maximum absolute atomic E-state index is 11.7. The Morgan fingerprint density at radius 2 is 1.65 bits per heavy atom. The number of hydrogen-bond acceptors (Lipinski definition) is 4. The Bertz CT molecular complexity index is 415. The Morgan fingerprint density at radius 1 is 1.12 bits per heavy atom. The van der Waals surface area contributed by atoms with Crippen LogP contribution >= 0.6 is 11.6 Å². The molecule has 1 aromatic rings. The number of methoxy groups -OCH3 is 3. The van der Waals surface area contributed by atoms with Gasteiger partial charge in [0.1, 0.15) is 0 Å². The number of rotatable bonds is 5. The van der Waals surface area contributed by atoms with Crippen molar-refractivity contribution >= 4 is 17.4 Å². The molecule has 1 rings (SSSR count). The molecule has 17 heavy (non-hydrogen) atoms. The number of hydrogen-bond donors (Lipinski definition) is 0. The van der Waals surface area contributed by atoms with E-state index in [0.29, 0.717) is 22.8 Å². The second-order valence-corrected chi connectivity index (χ2v) is 3.32. The van der Waals surface area contributed by atoms with Gasteiger partial charge in [0.05, 0.1) is 21.3 Å². The molecule has 5 heteroatoms. The Balaban J connectivity index is 3.31. The van der Waals surface area contributed by atoms with Crippen LogP contribution in [0, 0.1) is 0 Å². The van der Waals surface area contributed by atoms with E-state index >= 15 is 0 Å². The van der Waals surface area contributed by atoms with E-state index in [4.69, 9.17) is 25.8 Å². The first-order valence-corrected chi connectivity index (χ1v) is 5.22. The topological polar surface area (TPSA) is 44.8 Å². The van der Waals surface area contributed by atoms with Crippen molar-refractivity contribution in [3.05, 3.63) is 29.3 Å². The van der Waals surface area contributed by atoms with Gasteiger partial charge in [-0.1, -0.05) is 11.6 Å². The lowest BCUT2D eigenvalue weighted by Crippen LogP contribution is -2.00. The first-order valence-electron chi connectivity index (χ1n) is 4.79. The van der Waals surface area contributed by atoms with Crippen LogP contribution in [0.4, 0.5) is 0 Å². The van der Waals surface area contributed by atoms with E-state index in [9.17, 15) is 4.79 Å². The average Bonchev–Trinajstić information content (AvgIpc) is 2.37. The highest BCUT2D eigenvalue weighted by Crippen LogP contribution is 2.38. The molecule has 0 heterocycles. The molecule has 0 aliphatic heterocycles. The normalized spacial score (nSPS) is 10.4. The van der Waals surface area contributed by atoms with Crippen molar-refractivity contribution in [2.45, 2.75) is 0 Å². The number of ether oxygens (including phenoxy) is 3. The van der Waals surface area contributed by atoms with Gasteiger partial charge in [-0.15, -0.1) is 0 Å². The lowest BCUT2D eigenvalue weighted by atomic mass is 10.1. The monoisotopic (exact) mass is 256 g/mol. The van der Waals surface area contributed by atoms with Gasteiger partial charge in [0.15, 0.2) is 17.3 Å². The number of allylic oxidation sites excluding steroid dienone is 1. The van der Waals surface area contributed by atoms with Crippen LogP contribution in [-0.4, -0.2) is 27.1 Å². The zero-order chi connectivity index (χ0) is 12.8. The minimum absolute atomic E-state index is 0.237. The lowest BCUT2D eigenvalue weighted by Gasteiger charge is -2.12. The van der Waals surface area contributed by atoms with Crippen molar-refractivity contribution < 1.29 is 19.0 Å². The number of benzene rings is 1. The van der Waals surface area contributed by atoms with Crippen molar-refractivity contribution in [3.8, 4) is 17.2 Å². The predicted molar refractivity (Wildman–Crippen MR) is 65.4 cm³/mol. The van der Waals surface area contributed by atoms with E-state index in [1.54, 1.807) is 12.1 Å². The second-order valence-electron chi connectivity index (χ2n) is 3.07. The number of halogens is 1. The van der Waals surface area contributed by atoms with Crippen LogP contribution in [0.2, 0.25) is 0 Å². The van der Waals surface area contributed by atoms with Crippen molar-refractivity contribution in [1.82, 2.24) is 0 Å². The molecule has 4 nitrogen and oxygen atoms in total. The van der Waals surface area contributed by atoms with E-state index in [0.717, 1.165) is 5.54 Å². The average molecular weight is 257 g/mol. The van der Waals surface area contributed by atoms with Gasteiger partial charge in [0, 0.05) is 11.1 Å². The fourth-order valence-electron chi connectivity index (χ4n) is 1.38. The summed E-state index contributed by atoms with van der Waals surface area (Å²) < 4.78 is 15.4. The highest BCUT2D eigenvalue weighted by Gasteiger charge is 2.15. The van der Waals surface area contributed by atoms with Crippen LogP contribution in [0.3, 0.4) is 0 Å². The Labute approximate surface area is 105 Å². The van der Waals surface area contributed by atoms with Gasteiger partial charge in [-0.25, -0.2) is 0 Å². The molecule has 1 aromatic carbocycles. The molecule has 0 aliphatic rings. The Hall–Kier alpha value is -1.68. The van der Waals surface area contributed by atoms with Gasteiger partial charge in [-0.3, -0.25) is 4.79 Å². The Kier molecular flexibility index (Phi) is 4.84. The third kappa shape index (κ3) is 2.91. The van der Waals surface area contributed by atoms with E-state index < -0.39 is 0 Å². The quantitative estimate of drug-likeness (QED) is 0.600. The van der Waals surface area contributed by atoms with Gasteiger partial charge in [-0.2, -0.15) is 0 Å². The zero-order valence-corrected chi connectivity index (χ0v) is 10.6. The summed E-state index contributed by atoms with van der Waals surface area (Å²) in [6, 6.07) is 3.14. The van der Waals surface area contributed by atoms with E-state index in [1.165, 1.54) is 27.4 Å². The summed E-state index contributed by atoms with van der Waals surface area (Å²) in [5, 5.41) is 0. The summed E-state index contributed by atoms with van der Waals surface area (Å²) in [4.78, 5) is 11.7. The summed E-state index contributed by atoms with van der Waals surface area (Å²) in [6.45, 7) is 0. The van der Waals surface area contributed by atoms with Gasteiger partial charge >= 0.3 is 0 Å². The summed E-state index contributed by atoms with van der Waals surface area (Å²) in [5.41, 5.74) is 1.57. The maximum Gasteiger partial charge on any atom is 0.203 e. The molecule has 0 amide bonds. The molecule has 0 aromatic heterocycles. The minimum Gasteiger partial charge on any atom is -0.493 e. The van der Waals surface area contributed by atoms with E-state index in [2.05, 4.69) is 0 Å². The van der Waals surface area contributed by atoms with E-state index in [1.807, 2.05) is 0 Å². The molecule has 0 bridgehead atoms. The molecular formula is C12H13ClO4.